The second-order valence-electron chi connectivity index (χ2n) is 9.15. The van der Waals surface area contributed by atoms with E-state index >= 15 is 0 Å². The molecule has 0 unspecified atom stereocenters. The van der Waals surface area contributed by atoms with Crippen molar-refractivity contribution in [3.05, 3.63) is 127 Å². The fourth-order valence-electron chi connectivity index (χ4n) is 4.55. The SMILES string of the molecule is CCOC(=O)C1=C(C)N=c2s/c(=C\c3cc(Cl)cc(Cl)c3OCc3ccc(Cl)cc3Cl)c(=O)n2[C@H]1c1ccccc1Cl. The van der Waals surface area contributed by atoms with Gasteiger partial charge in [-0.05, 0) is 55.8 Å². The number of fused-ring (bicyclic) bond motifs is 1. The summed E-state index contributed by atoms with van der Waals surface area (Å²) in [5.74, 6) is -0.264. The summed E-state index contributed by atoms with van der Waals surface area (Å²) in [5.41, 5.74) is 2.01. The van der Waals surface area contributed by atoms with E-state index in [4.69, 9.17) is 67.5 Å². The van der Waals surface area contributed by atoms with Crippen LogP contribution in [0.2, 0.25) is 25.1 Å². The predicted molar refractivity (Wildman–Crippen MR) is 169 cm³/mol. The first-order valence-corrected chi connectivity index (χ1v) is 15.3. The number of hydrogen-bond acceptors (Lipinski definition) is 6. The summed E-state index contributed by atoms with van der Waals surface area (Å²) < 4.78 is 13.2. The summed E-state index contributed by atoms with van der Waals surface area (Å²) in [5, 5.41) is 1.94. The van der Waals surface area contributed by atoms with Crippen molar-refractivity contribution in [2.24, 2.45) is 4.99 Å². The lowest BCUT2D eigenvalue weighted by molar-refractivity contribution is -0.139. The average molecular weight is 683 g/mol. The smallest absolute Gasteiger partial charge is 0.338 e. The molecule has 0 saturated heterocycles. The normalized spacial score (nSPS) is 14.9. The fourth-order valence-corrected chi connectivity index (χ4v) is 6.86. The van der Waals surface area contributed by atoms with Crippen LogP contribution in [0, 0.1) is 0 Å². The Bertz CT molecular complexity index is 1930. The van der Waals surface area contributed by atoms with E-state index in [1.807, 2.05) is 0 Å². The van der Waals surface area contributed by atoms with Crippen molar-refractivity contribution in [1.29, 1.82) is 0 Å². The Morgan fingerprint density at radius 1 is 1.00 bits per heavy atom. The molecule has 5 rings (SSSR count). The van der Waals surface area contributed by atoms with Gasteiger partial charge in [0, 0.05) is 31.2 Å². The van der Waals surface area contributed by atoms with Crippen LogP contribution in [-0.2, 0) is 16.1 Å². The maximum Gasteiger partial charge on any atom is 0.338 e. The van der Waals surface area contributed by atoms with E-state index in [2.05, 4.69) is 4.99 Å². The number of nitrogens with zero attached hydrogens (tertiary/aromatic N) is 2. The van der Waals surface area contributed by atoms with E-state index in [-0.39, 0.29) is 29.4 Å². The van der Waals surface area contributed by atoms with Gasteiger partial charge < -0.3 is 9.47 Å². The third kappa shape index (κ3) is 6.13. The minimum Gasteiger partial charge on any atom is -0.487 e. The number of halogens is 5. The summed E-state index contributed by atoms with van der Waals surface area (Å²) in [6, 6.07) is 14.5. The van der Waals surface area contributed by atoms with Crippen LogP contribution in [0.3, 0.4) is 0 Å². The third-order valence-electron chi connectivity index (χ3n) is 6.43. The monoisotopic (exact) mass is 680 g/mol. The highest BCUT2D eigenvalue weighted by Gasteiger charge is 2.34. The molecule has 0 aliphatic carbocycles. The van der Waals surface area contributed by atoms with E-state index in [0.717, 1.165) is 11.3 Å². The number of thiazole rings is 1. The van der Waals surface area contributed by atoms with Gasteiger partial charge in [0.05, 0.1) is 27.4 Å². The van der Waals surface area contributed by atoms with Gasteiger partial charge in [0.25, 0.3) is 5.56 Å². The second-order valence-corrected chi connectivity index (χ2v) is 12.3. The number of hydrogen-bond donors (Lipinski definition) is 0. The van der Waals surface area contributed by atoms with Gasteiger partial charge in [-0.3, -0.25) is 9.36 Å². The molecule has 6 nitrogen and oxygen atoms in total. The Balaban J connectivity index is 1.65. The molecule has 0 fully saturated rings. The van der Waals surface area contributed by atoms with Crippen molar-refractivity contribution >= 4 is 81.4 Å². The highest BCUT2D eigenvalue weighted by Crippen LogP contribution is 2.36. The first-order valence-electron chi connectivity index (χ1n) is 12.6. The molecule has 2 heterocycles. The zero-order valence-corrected chi connectivity index (χ0v) is 26.7. The van der Waals surface area contributed by atoms with Crippen molar-refractivity contribution in [2.45, 2.75) is 26.5 Å². The number of aromatic nitrogens is 1. The molecule has 0 N–H and O–H groups in total. The van der Waals surface area contributed by atoms with Crippen molar-refractivity contribution < 1.29 is 14.3 Å². The van der Waals surface area contributed by atoms with E-state index in [1.54, 1.807) is 74.5 Å². The molecule has 216 valence electrons. The Morgan fingerprint density at radius 2 is 1.74 bits per heavy atom. The molecule has 1 aliphatic rings. The molecule has 0 radical (unpaired) electrons. The second kappa shape index (κ2) is 12.8. The van der Waals surface area contributed by atoms with Crippen LogP contribution in [0.4, 0.5) is 0 Å². The van der Waals surface area contributed by atoms with Gasteiger partial charge in [0.1, 0.15) is 18.4 Å². The Morgan fingerprint density at radius 3 is 2.45 bits per heavy atom. The van der Waals surface area contributed by atoms with E-state index in [1.165, 1.54) is 4.57 Å². The number of esters is 1. The van der Waals surface area contributed by atoms with Crippen molar-refractivity contribution in [3.63, 3.8) is 0 Å². The highest BCUT2D eigenvalue weighted by molar-refractivity contribution is 7.07. The molecular weight excluding hydrogens is 662 g/mol. The third-order valence-corrected chi connectivity index (χ3v) is 8.84. The molecular formula is C30H21Cl5N2O4S. The van der Waals surface area contributed by atoms with Crippen LogP contribution in [-0.4, -0.2) is 17.1 Å². The number of carbonyl (C=O) groups is 1. The van der Waals surface area contributed by atoms with Crippen molar-refractivity contribution in [1.82, 2.24) is 4.57 Å². The largest absolute Gasteiger partial charge is 0.487 e. The zero-order chi connectivity index (χ0) is 30.1. The lowest BCUT2D eigenvalue weighted by Crippen LogP contribution is -2.40. The molecule has 42 heavy (non-hydrogen) atoms. The lowest BCUT2D eigenvalue weighted by atomic mass is 9.96. The van der Waals surface area contributed by atoms with Crippen LogP contribution >= 0.6 is 69.3 Å². The summed E-state index contributed by atoms with van der Waals surface area (Å²) >= 11 is 33.0. The van der Waals surface area contributed by atoms with Crippen LogP contribution in [0.1, 0.15) is 36.6 Å². The highest BCUT2D eigenvalue weighted by atomic mass is 35.5. The maximum atomic E-state index is 14.0. The summed E-state index contributed by atoms with van der Waals surface area (Å²) in [6.07, 6.45) is 1.63. The maximum absolute atomic E-state index is 14.0. The van der Waals surface area contributed by atoms with Gasteiger partial charge in [-0.25, -0.2) is 9.79 Å². The number of benzene rings is 3. The van der Waals surface area contributed by atoms with Gasteiger partial charge >= 0.3 is 5.97 Å². The molecule has 1 atom stereocenters. The van der Waals surface area contributed by atoms with Crippen molar-refractivity contribution in [2.75, 3.05) is 6.61 Å². The molecule has 1 aromatic heterocycles. The summed E-state index contributed by atoms with van der Waals surface area (Å²) in [7, 11) is 0. The number of allylic oxidation sites excluding steroid dienone is 1. The fraction of sp³-hybridized carbons (Fsp3) is 0.167. The molecule has 1 aliphatic heterocycles. The standard InChI is InChI=1S/C30H21Cl5N2O4S/c1-3-40-29(39)25-15(2)36-30-37(26(25)20-6-4-5-7-21(20)33)28(38)24(42-30)11-17-10-19(32)13-23(35)27(17)41-14-16-8-9-18(31)12-22(16)34/h4-13,26H,3,14H2,1-2H3/b24-11-/t26-/m0/s1. The molecule has 12 heteroatoms. The van der Waals surface area contributed by atoms with E-state index in [0.29, 0.717) is 57.6 Å². The first-order chi connectivity index (χ1) is 20.1. The Kier molecular flexibility index (Phi) is 9.38. The van der Waals surface area contributed by atoms with Gasteiger partial charge in [-0.2, -0.15) is 0 Å². The number of rotatable bonds is 7. The Labute approximate surface area is 270 Å². The van der Waals surface area contributed by atoms with E-state index in [9.17, 15) is 9.59 Å². The molecule has 4 aromatic rings. The molecule has 0 bridgehead atoms. The van der Waals surface area contributed by atoms with Gasteiger partial charge in [0.15, 0.2) is 4.80 Å². The Hall–Kier alpha value is -2.78. The van der Waals surface area contributed by atoms with Crippen LogP contribution in [0.15, 0.2) is 75.7 Å². The minimum absolute atomic E-state index is 0.0913. The van der Waals surface area contributed by atoms with Gasteiger partial charge in [-0.1, -0.05) is 93.6 Å². The zero-order valence-electron chi connectivity index (χ0n) is 22.1. The van der Waals surface area contributed by atoms with Gasteiger partial charge in [0.2, 0.25) is 0 Å². The molecule has 0 amide bonds. The molecule has 3 aromatic carbocycles. The minimum atomic E-state index is -0.845. The van der Waals surface area contributed by atoms with Crippen LogP contribution in [0.25, 0.3) is 6.08 Å². The number of carbonyl (C=O) groups excluding carboxylic acids is 1. The first kappa shape index (κ1) is 30.7. The van der Waals surface area contributed by atoms with Crippen molar-refractivity contribution in [3.8, 4) is 5.75 Å². The quantitative estimate of drug-likeness (QED) is 0.188. The summed E-state index contributed by atoms with van der Waals surface area (Å²) in [4.78, 5) is 32.1. The molecule has 0 spiro atoms. The summed E-state index contributed by atoms with van der Waals surface area (Å²) in [6.45, 7) is 3.67. The van der Waals surface area contributed by atoms with Crippen LogP contribution in [0.5, 0.6) is 5.75 Å². The molecule has 0 saturated carbocycles. The van der Waals surface area contributed by atoms with Crippen LogP contribution < -0.4 is 19.6 Å². The van der Waals surface area contributed by atoms with Gasteiger partial charge in [-0.15, -0.1) is 0 Å². The predicted octanol–water partition coefficient (Wildman–Crippen LogP) is 7.64. The number of ether oxygens (including phenoxy) is 2. The lowest BCUT2D eigenvalue weighted by Gasteiger charge is -2.25. The average Bonchev–Trinajstić information content (AvgIpc) is 3.23. The van der Waals surface area contributed by atoms with E-state index < -0.39 is 12.0 Å². The topological polar surface area (TPSA) is 69.9 Å².